The van der Waals surface area contributed by atoms with E-state index in [1.807, 2.05) is 0 Å². The van der Waals surface area contributed by atoms with E-state index in [-0.39, 0.29) is 27.8 Å². The van der Waals surface area contributed by atoms with Crippen molar-refractivity contribution >= 4 is 38.9 Å². The summed E-state index contributed by atoms with van der Waals surface area (Å²) in [6.07, 6.45) is 1.22. The number of nitrogens with one attached hydrogen (secondary N) is 3. The van der Waals surface area contributed by atoms with Gasteiger partial charge in [-0.1, -0.05) is 26.0 Å². The summed E-state index contributed by atoms with van der Waals surface area (Å²) < 4.78 is 40.3. The van der Waals surface area contributed by atoms with Crippen molar-refractivity contribution in [3.8, 4) is 0 Å². The lowest BCUT2D eigenvalue weighted by molar-refractivity contribution is 0.0958. The minimum absolute atomic E-state index is 0.0890. The van der Waals surface area contributed by atoms with Gasteiger partial charge in [-0.05, 0) is 36.4 Å². The van der Waals surface area contributed by atoms with E-state index in [4.69, 9.17) is 5.73 Å². The Hall–Kier alpha value is -3.77. The first-order valence-electron chi connectivity index (χ1n) is 10.1. The standard InChI is InChI=1S/C21H24FN7O3S/c1-3-29(4-2)33(31,32)15-11-9-14(10-12-15)26-19-18(23)20(25-13-24-19)27-28-21(30)16-7-5-6-8-17(16)22/h5-13H,3-4,23H2,1-2H3,(H,28,30)(H2,24,25,26,27). The average molecular weight is 474 g/mol. The van der Waals surface area contributed by atoms with Gasteiger partial charge in [0.15, 0.2) is 11.6 Å². The first-order chi connectivity index (χ1) is 15.8. The number of carbonyl (C=O) groups excluding carboxylic acids is 1. The fourth-order valence-corrected chi connectivity index (χ4v) is 4.44. The molecule has 1 heterocycles. The van der Waals surface area contributed by atoms with Crippen LogP contribution in [0.25, 0.3) is 0 Å². The number of aromatic nitrogens is 2. The van der Waals surface area contributed by atoms with Crippen LogP contribution < -0.4 is 21.9 Å². The third-order valence-electron chi connectivity index (χ3n) is 4.76. The van der Waals surface area contributed by atoms with Crippen molar-refractivity contribution in [1.29, 1.82) is 0 Å². The lowest BCUT2D eigenvalue weighted by atomic mass is 10.2. The molecule has 5 N–H and O–H groups in total. The van der Waals surface area contributed by atoms with Gasteiger partial charge < -0.3 is 11.1 Å². The Labute approximate surface area is 191 Å². The summed E-state index contributed by atoms with van der Waals surface area (Å²) in [5.41, 5.74) is 11.5. The van der Waals surface area contributed by atoms with Crippen molar-refractivity contribution in [2.45, 2.75) is 18.7 Å². The van der Waals surface area contributed by atoms with Crippen LogP contribution in [-0.4, -0.2) is 41.7 Å². The molecule has 0 radical (unpaired) electrons. The SMILES string of the molecule is CCN(CC)S(=O)(=O)c1ccc(Nc2ncnc(NNC(=O)c3ccccc3F)c2N)cc1. The van der Waals surface area contributed by atoms with E-state index in [0.717, 1.165) is 0 Å². The molecule has 3 rings (SSSR count). The smallest absolute Gasteiger partial charge is 0.272 e. The molecule has 0 spiro atoms. The van der Waals surface area contributed by atoms with Gasteiger partial charge in [0.25, 0.3) is 5.91 Å². The Bertz CT molecular complexity index is 1230. The second kappa shape index (κ2) is 10.2. The van der Waals surface area contributed by atoms with Gasteiger partial charge >= 0.3 is 0 Å². The number of carbonyl (C=O) groups is 1. The highest BCUT2D eigenvalue weighted by atomic mass is 32.2. The Balaban J connectivity index is 1.72. The maximum absolute atomic E-state index is 13.7. The van der Waals surface area contributed by atoms with Crippen molar-refractivity contribution < 1.29 is 17.6 Å². The Morgan fingerprint density at radius 2 is 1.67 bits per heavy atom. The summed E-state index contributed by atoms with van der Waals surface area (Å²) in [6.45, 7) is 4.30. The van der Waals surface area contributed by atoms with Crippen molar-refractivity contribution in [3.63, 3.8) is 0 Å². The average Bonchev–Trinajstić information content (AvgIpc) is 2.80. The van der Waals surface area contributed by atoms with E-state index in [9.17, 15) is 17.6 Å². The van der Waals surface area contributed by atoms with E-state index < -0.39 is 21.7 Å². The van der Waals surface area contributed by atoms with Gasteiger partial charge in [0, 0.05) is 18.8 Å². The molecule has 0 aliphatic carbocycles. The first kappa shape index (κ1) is 23.9. The number of nitrogens with zero attached hydrogens (tertiary/aromatic N) is 3. The third-order valence-corrected chi connectivity index (χ3v) is 6.82. The number of nitrogen functional groups attached to an aromatic ring is 1. The fraction of sp³-hybridized carbons (Fsp3) is 0.190. The second-order valence-electron chi connectivity index (χ2n) is 6.78. The quantitative estimate of drug-likeness (QED) is 0.348. The molecule has 0 bridgehead atoms. The van der Waals surface area contributed by atoms with Crippen LogP contribution in [0.2, 0.25) is 0 Å². The van der Waals surface area contributed by atoms with E-state index in [1.165, 1.54) is 47.0 Å². The van der Waals surface area contributed by atoms with Gasteiger partial charge in [0.1, 0.15) is 17.8 Å². The molecule has 174 valence electrons. The zero-order valence-electron chi connectivity index (χ0n) is 18.0. The van der Waals surface area contributed by atoms with Crippen LogP contribution >= 0.6 is 0 Å². The van der Waals surface area contributed by atoms with Crippen LogP contribution in [0.3, 0.4) is 0 Å². The summed E-state index contributed by atoms with van der Waals surface area (Å²) in [6, 6.07) is 11.7. The lowest BCUT2D eigenvalue weighted by Gasteiger charge is -2.18. The number of sulfonamides is 1. The van der Waals surface area contributed by atoms with E-state index >= 15 is 0 Å². The van der Waals surface area contributed by atoms with Gasteiger partial charge in [0.05, 0.1) is 10.5 Å². The highest BCUT2D eigenvalue weighted by Gasteiger charge is 2.21. The maximum atomic E-state index is 13.7. The van der Waals surface area contributed by atoms with Crippen molar-refractivity contribution in [2.75, 3.05) is 29.6 Å². The topological polar surface area (TPSA) is 142 Å². The zero-order valence-corrected chi connectivity index (χ0v) is 18.9. The van der Waals surface area contributed by atoms with Crippen LogP contribution in [0.15, 0.2) is 59.8 Å². The number of hydrogen-bond acceptors (Lipinski definition) is 8. The Kier molecular flexibility index (Phi) is 7.41. The van der Waals surface area contributed by atoms with Gasteiger partial charge in [-0.25, -0.2) is 22.8 Å². The summed E-state index contributed by atoms with van der Waals surface area (Å²) in [4.78, 5) is 20.4. The van der Waals surface area contributed by atoms with Crippen molar-refractivity contribution in [1.82, 2.24) is 19.7 Å². The molecule has 12 heteroatoms. The predicted molar refractivity (Wildman–Crippen MR) is 124 cm³/mol. The number of amides is 1. The third kappa shape index (κ3) is 5.35. The summed E-state index contributed by atoms with van der Waals surface area (Å²) in [7, 11) is -3.57. The van der Waals surface area contributed by atoms with Gasteiger partial charge in [0.2, 0.25) is 10.0 Å². The zero-order chi connectivity index (χ0) is 24.0. The molecule has 33 heavy (non-hydrogen) atoms. The number of rotatable bonds is 9. The molecule has 0 saturated carbocycles. The van der Waals surface area contributed by atoms with Crippen LogP contribution in [0.5, 0.6) is 0 Å². The number of nitrogens with two attached hydrogens (primary N) is 1. The van der Waals surface area contributed by atoms with E-state index in [0.29, 0.717) is 18.8 Å². The first-order valence-corrected chi connectivity index (χ1v) is 11.5. The van der Waals surface area contributed by atoms with Gasteiger partial charge in [-0.2, -0.15) is 4.31 Å². The summed E-state index contributed by atoms with van der Waals surface area (Å²) >= 11 is 0. The molecule has 0 aliphatic heterocycles. The molecule has 0 fully saturated rings. The lowest BCUT2D eigenvalue weighted by Crippen LogP contribution is -2.31. The number of benzene rings is 2. The largest absolute Gasteiger partial charge is 0.393 e. The molecule has 1 amide bonds. The van der Waals surface area contributed by atoms with E-state index in [1.54, 1.807) is 26.0 Å². The number of halogens is 1. The van der Waals surface area contributed by atoms with Crippen LogP contribution in [0, 0.1) is 5.82 Å². The molecule has 0 saturated heterocycles. The molecule has 3 aromatic rings. The number of hydrazine groups is 1. The highest BCUT2D eigenvalue weighted by Crippen LogP contribution is 2.26. The summed E-state index contributed by atoms with van der Waals surface area (Å²) in [5, 5.41) is 2.98. The van der Waals surface area contributed by atoms with Crippen LogP contribution in [0.4, 0.5) is 27.4 Å². The normalized spacial score (nSPS) is 11.3. The second-order valence-corrected chi connectivity index (χ2v) is 8.72. The van der Waals surface area contributed by atoms with Gasteiger partial charge in [-0.15, -0.1) is 0 Å². The molecule has 2 aromatic carbocycles. The Morgan fingerprint density at radius 1 is 1.03 bits per heavy atom. The number of hydrogen-bond donors (Lipinski definition) is 4. The molecule has 1 aromatic heterocycles. The van der Waals surface area contributed by atoms with Crippen molar-refractivity contribution in [3.05, 3.63) is 66.2 Å². The monoisotopic (exact) mass is 473 g/mol. The number of anilines is 4. The van der Waals surface area contributed by atoms with Gasteiger partial charge in [-0.3, -0.25) is 15.6 Å². The molecular formula is C21H24FN7O3S. The Morgan fingerprint density at radius 3 is 2.30 bits per heavy atom. The molecule has 0 unspecified atom stereocenters. The van der Waals surface area contributed by atoms with Crippen LogP contribution in [-0.2, 0) is 10.0 Å². The minimum atomic E-state index is -3.57. The summed E-state index contributed by atoms with van der Waals surface area (Å²) in [5.74, 6) is -1.04. The minimum Gasteiger partial charge on any atom is -0.393 e. The van der Waals surface area contributed by atoms with Crippen LogP contribution in [0.1, 0.15) is 24.2 Å². The molecular weight excluding hydrogens is 449 g/mol. The molecule has 0 aliphatic rings. The maximum Gasteiger partial charge on any atom is 0.272 e. The fourth-order valence-electron chi connectivity index (χ4n) is 2.98. The van der Waals surface area contributed by atoms with E-state index in [2.05, 4.69) is 26.1 Å². The van der Waals surface area contributed by atoms with Crippen molar-refractivity contribution in [2.24, 2.45) is 0 Å². The highest BCUT2D eigenvalue weighted by molar-refractivity contribution is 7.89. The predicted octanol–water partition coefficient (Wildman–Crippen LogP) is 2.73. The molecule has 0 atom stereocenters. The molecule has 10 nitrogen and oxygen atoms in total.